The molecule has 0 fully saturated rings. The molecule has 0 bridgehead atoms. The molecule has 1 aromatic rings. The van der Waals surface area contributed by atoms with E-state index >= 15 is 0 Å². The first-order chi connectivity index (χ1) is 9.52. The average molecular weight is 300 g/mol. The maximum atomic E-state index is 6.21. The lowest BCUT2D eigenvalue weighted by Crippen LogP contribution is -2.37. The lowest BCUT2D eigenvalue weighted by Gasteiger charge is -2.25. The average Bonchev–Trinajstić information content (AvgIpc) is 2.38. The Morgan fingerprint density at radius 2 is 2.05 bits per heavy atom. The first-order valence-corrected chi connectivity index (χ1v) is 7.32. The molecule has 1 aliphatic rings. The van der Waals surface area contributed by atoms with E-state index in [4.69, 9.17) is 25.8 Å². The van der Waals surface area contributed by atoms with Crippen molar-refractivity contribution in [3.8, 4) is 11.5 Å². The van der Waals surface area contributed by atoms with Crippen LogP contribution in [0.2, 0.25) is 5.02 Å². The van der Waals surface area contributed by atoms with Gasteiger partial charge in [0.15, 0.2) is 11.5 Å². The van der Waals surface area contributed by atoms with Gasteiger partial charge in [0.1, 0.15) is 13.2 Å². The SMILES string of the molecule is CCOC(C)(C)CNCc1cc(Cl)c2c(c1)OCCO2. The van der Waals surface area contributed by atoms with Crippen LogP contribution in [0, 0.1) is 0 Å². The van der Waals surface area contributed by atoms with Crippen LogP contribution in [0.4, 0.5) is 0 Å². The molecule has 112 valence electrons. The Labute approximate surface area is 125 Å². The van der Waals surface area contributed by atoms with Gasteiger partial charge in [-0.25, -0.2) is 0 Å². The number of ether oxygens (including phenoxy) is 3. The first-order valence-electron chi connectivity index (χ1n) is 6.94. The number of fused-ring (bicyclic) bond motifs is 1. The van der Waals surface area contributed by atoms with Gasteiger partial charge in [-0.3, -0.25) is 0 Å². The van der Waals surface area contributed by atoms with Crippen molar-refractivity contribution >= 4 is 11.6 Å². The minimum atomic E-state index is -0.174. The highest BCUT2D eigenvalue weighted by Gasteiger charge is 2.18. The number of hydrogen-bond acceptors (Lipinski definition) is 4. The summed E-state index contributed by atoms with van der Waals surface area (Å²) >= 11 is 6.21. The van der Waals surface area contributed by atoms with Crippen molar-refractivity contribution in [3.63, 3.8) is 0 Å². The second-order valence-corrected chi connectivity index (χ2v) is 5.81. The molecule has 1 N–H and O–H groups in total. The lowest BCUT2D eigenvalue weighted by atomic mass is 10.1. The third-order valence-corrected chi connectivity index (χ3v) is 3.35. The van der Waals surface area contributed by atoms with Gasteiger partial charge in [0, 0.05) is 19.7 Å². The molecule has 20 heavy (non-hydrogen) atoms. The number of nitrogens with one attached hydrogen (secondary N) is 1. The van der Waals surface area contributed by atoms with E-state index in [1.165, 1.54) is 0 Å². The number of benzene rings is 1. The predicted molar refractivity (Wildman–Crippen MR) is 79.9 cm³/mol. The lowest BCUT2D eigenvalue weighted by molar-refractivity contribution is -0.00897. The van der Waals surface area contributed by atoms with Gasteiger partial charge in [0.2, 0.25) is 0 Å². The Hall–Kier alpha value is -0.970. The van der Waals surface area contributed by atoms with Crippen molar-refractivity contribution < 1.29 is 14.2 Å². The first kappa shape index (κ1) is 15.4. The highest BCUT2D eigenvalue weighted by molar-refractivity contribution is 6.32. The largest absolute Gasteiger partial charge is 0.486 e. The van der Waals surface area contributed by atoms with Crippen LogP contribution in [-0.2, 0) is 11.3 Å². The van der Waals surface area contributed by atoms with E-state index in [1.807, 2.05) is 19.1 Å². The van der Waals surface area contributed by atoms with Gasteiger partial charge in [-0.15, -0.1) is 0 Å². The summed E-state index contributed by atoms with van der Waals surface area (Å²) < 4.78 is 16.7. The summed E-state index contributed by atoms with van der Waals surface area (Å²) in [6.07, 6.45) is 0. The van der Waals surface area contributed by atoms with Gasteiger partial charge >= 0.3 is 0 Å². The van der Waals surface area contributed by atoms with Crippen LogP contribution in [0.3, 0.4) is 0 Å². The van der Waals surface area contributed by atoms with Crippen LogP contribution in [-0.4, -0.2) is 32.0 Å². The zero-order chi connectivity index (χ0) is 14.6. The fourth-order valence-corrected chi connectivity index (χ4v) is 2.50. The zero-order valence-corrected chi connectivity index (χ0v) is 13.0. The van der Waals surface area contributed by atoms with Gasteiger partial charge < -0.3 is 19.5 Å². The zero-order valence-electron chi connectivity index (χ0n) is 12.3. The third kappa shape index (κ3) is 4.01. The molecular weight excluding hydrogens is 278 g/mol. The quantitative estimate of drug-likeness (QED) is 0.876. The summed E-state index contributed by atoms with van der Waals surface area (Å²) in [5.74, 6) is 1.38. The molecule has 1 aliphatic heterocycles. The Morgan fingerprint density at radius 1 is 1.30 bits per heavy atom. The van der Waals surface area contributed by atoms with E-state index in [-0.39, 0.29) is 5.60 Å². The maximum absolute atomic E-state index is 6.21. The monoisotopic (exact) mass is 299 g/mol. The summed E-state index contributed by atoms with van der Waals surface area (Å²) in [7, 11) is 0. The fourth-order valence-electron chi connectivity index (χ4n) is 2.22. The molecule has 1 heterocycles. The van der Waals surface area contributed by atoms with Gasteiger partial charge in [0.05, 0.1) is 10.6 Å². The molecule has 4 nitrogen and oxygen atoms in total. The minimum Gasteiger partial charge on any atom is -0.486 e. The molecule has 0 aromatic heterocycles. The van der Waals surface area contributed by atoms with Gasteiger partial charge in [0.25, 0.3) is 0 Å². The van der Waals surface area contributed by atoms with Crippen LogP contribution in [0.1, 0.15) is 26.3 Å². The third-order valence-electron chi connectivity index (χ3n) is 3.07. The molecule has 0 atom stereocenters. The number of rotatable bonds is 6. The van der Waals surface area contributed by atoms with E-state index < -0.39 is 0 Å². The van der Waals surface area contributed by atoms with Crippen molar-refractivity contribution in [2.75, 3.05) is 26.4 Å². The molecule has 1 aromatic carbocycles. The highest BCUT2D eigenvalue weighted by atomic mass is 35.5. The molecule has 0 unspecified atom stereocenters. The van der Waals surface area contributed by atoms with Crippen LogP contribution in [0.25, 0.3) is 0 Å². The van der Waals surface area contributed by atoms with Crippen molar-refractivity contribution in [2.24, 2.45) is 0 Å². The molecular formula is C15H22ClNO3. The number of hydrogen-bond donors (Lipinski definition) is 1. The molecule has 2 rings (SSSR count). The summed E-state index contributed by atoms with van der Waals surface area (Å²) in [5, 5.41) is 3.98. The summed E-state index contributed by atoms with van der Waals surface area (Å²) in [6, 6.07) is 3.89. The molecule has 0 saturated heterocycles. The smallest absolute Gasteiger partial charge is 0.179 e. The topological polar surface area (TPSA) is 39.7 Å². The minimum absolute atomic E-state index is 0.174. The van der Waals surface area contributed by atoms with Gasteiger partial charge in [-0.1, -0.05) is 11.6 Å². The van der Waals surface area contributed by atoms with Crippen molar-refractivity contribution in [1.29, 1.82) is 0 Å². The molecule has 0 spiro atoms. The van der Waals surface area contributed by atoms with Crippen molar-refractivity contribution in [1.82, 2.24) is 5.32 Å². The highest BCUT2D eigenvalue weighted by Crippen LogP contribution is 2.38. The van der Waals surface area contributed by atoms with Crippen LogP contribution < -0.4 is 14.8 Å². The van der Waals surface area contributed by atoms with Crippen molar-refractivity contribution in [2.45, 2.75) is 32.9 Å². The summed E-state index contributed by atoms with van der Waals surface area (Å²) in [6.45, 7) is 9.46. The normalized spacial score (nSPS) is 14.4. The Balaban J connectivity index is 1.95. The van der Waals surface area contributed by atoms with E-state index in [1.54, 1.807) is 0 Å². The van der Waals surface area contributed by atoms with E-state index in [0.717, 1.165) is 17.9 Å². The second-order valence-electron chi connectivity index (χ2n) is 5.40. The molecule has 0 amide bonds. The van der Waals surface area contributed by atoms with Crippen LogP contribution in [0.15, 0.2) is 12.1 Å². The number of halogens is 1. The van der Waals surface area contributed by atoms with Gasteiger partial charge in [-0.05, 0) is 38.5 Å². The van der Waals surface area contributed by atoms with E-state index in [0.29, 0.717) is 37.1 Å². The second kappa shape index (κ2) is 6.66. The summed E-state index contributed by atoms with van der Waals surface area (Å²) in [4.78, 5) is 0. The van der Waals surface area contributed by atoms with E-state index in [2.05, 4.69) is 19.2 Å². The maximum Gasteiger partial charge on any atom is 0.179 e. The standard InChI is InChI=1S/C15H22ClNO3/c1-4-20-15(2,3)10-17-9-11-7-12(16)14-13(8-11)18-5-6-19-14/h7-8,17H,4-6,9-10H2,1-3H3. The fraction of sp³-hybridized carbons (Fsp3) is 0.600. The van der Waals surface area contributed by atoms with E-state index in [9.17, 15) is 0 Å². The molecule has 5 heteroatoms. The Bertz CT molecular complexity index is 463. The van der Waals surface area contributed by atoms with Gasteiger partial charge in [-0.2, -0.15) is 0 Å². The van der Waals surface area contributed by atoms with Crippen LogP contribution in [0.5, 0.6) is 11.5 Å². The predicted octanol–water partition coefficient (Wildman–Crippen LogP) is 3.02. The Kier molecular flexibility index (Phi) is 5.13. The molecule has 0 saturated carbocycles. The molecule has 0 aliphatic carbocycles. The van der Waals surface area contributed by atoms with Crippen LogP contribution >= 0.6 is 11.6 Å². The molecule has 0 radical (unpaired) electrons. The van der Waals surface area contributed by atoms with Crippen molar-refractivity contribution in [3.05, 3.63) is 22.7 Å². The Morgan fingerprint density at radius 3 is 2.80 bits per heavy atom. The summed E-state index contributed by atoms with van der Waals surface area (Å²) in [5.41, 5.74) is 0.901.